The predicted octanol–water partition coefficient (Wildman–Crippen LogP) is 3.70. The summed E-state index contributed by atoms with van der Waals surface area (Å²) in [6.45, 7) is 5.86. The van der Waals surface area contributed by atoms with Gasteiger partial charge in [-0.25, -0.2) is 0 Å². The van der Waals surface area contributed by atoms with Gasteiger partial charge >= 0.3 is 5.97 Å². The molecule has 0 saturated carbocycles. The molecule has 4 heteroatoms. The zero-order valence-electron chi connectivity index (χ0n) is 14.3. The number of carboxylic acid groups (broad SMARTS) is 1. The Morgan fingerprint density at radius 2 is 1.88 bits per heavy atom. The molecule has 1 aromatic carbocycles. The van der Waals surface area contributed by atoms with E-state index in [0.29, 0.717) is 5.92 Å². The Labute approximate surface area is 143 Å². The number of pyridine rings is 1. The van der Waals surface area contributed by atoms with Crippen LogP contribution in [-0.2, 0) is 4.79 Å². The molecular formula is C20H24N2O2. The number of likely N-dealkylation sites (tertiary alicyclic amines) is 1. The summed E-state index contributed by atoms with van der Waals surface area (Å²) in [4.78, 5) is 17.9. The van der Waals surface area contributed by atoms with Crippen molar-refractivity contribution in [2.45, 2.75) is 38.6 Å². The molecule has 1 saturated heterocycles. The molecule has 1 fully saturated rings. The number of hydrogen-bond acceptors (Lipinski definition) is 3. The van der Waals surface area contributed by atoms with Gasteiger partial charge in [0.1, 0.15) is 6.04 Å². The summed E-state index contributed by atoms with van der Waals surface area (Å²) < 4.78 is 0. The molecule has 1 aromatic heterocycles. The van der Waals surface area contributed by atoms with Gasteiger partial charge in [0.15, 0.2) is 0 Å². The van der Waals surface area contributed by atoms with Gasteiger partial charge in [-0.05, 0) is 62.9 Å². The second-order valence-corrected chi connectivity index (χ2v) is 6.76. The lowest BCUT2D eigenvalue weighted by Crippen LogP contribution is -2.39. The van der Waals surface area contributed by atoms with Crippen molar-refractivity contribution in [1.29, 1.82) is 0 Å². The van der Waals surface area contributed by atoms with Crippen molar-refractivity contribution in [2.75, 3.05) is 13.1 Å². The van der Waals surface area contributed by atoms with Crippen molar-refractivity contribution in [3.8, 4) is 0 Å². The summed E-state index contributed by atoms with van der Waals surface area (Å²) in [6.07, 6.45) is 5.32. The average Bonchev–Trinajstić information content (AvgIpc) is 2.55. The van der Waals surface area contributed by atoms with Gasteiger partial charge in [0.25, 0.3) is 0 Å². The Kier molecular flexibility index (Phi) is 4.95. The van der Waals surface area contributed by atoms with Crippen molar-refractivity contribution in [1.82, 2.24) is 9.88 Å². The smallest absolute Gasteiger partial charge is 0.325 e. The number of carboxylic acids is 1. The molecule has 2 heterocycles. The standard InChI is InChI=1S/C20H24N2O2/c1-14-10-15(2)12-18(11-14)16-5-8-22(9-6-16)19(20(23)24)17-4-3-7-21-13-17/h3-4,7,10-13,16,19H,5-6,8-9H2,1-2H3,(H,23,24). The van der Waals surface area contributed by atoms with Crippen molar-refractivity contribution in [2.24, 2.45) is 0 Å². The molecule has 0 aliphatic carbocycles. The minimum atomic E-state index is -0.798. The van der Waals surface area contributed by atoms with Crippen LogP contribution in [0, 0.1) is 13.8 Å². The molecule has 4 nitrogen and oxygen atoms in total. The summed E-state index contributed by atoms with van der Waals surface area (Å²) in [5.41, 5.74) is 4.74. The predicted molar refractivity (Wildman–Crippen MR) is 94.1 cm³/mol. The van der Waals surface area contributed by atoms with E-state index in [0.717, 1.165) is 31.5 Å². The zero-order chi connectivity index (χ0) is 17.1. The minimum absolute atomic E-state index is 0.517. The topological polar surface area (TPSA) is 53.4 Å². The van der Waals surface area contributed by atoms with Gasteiger partial charge in [-0.3, -0.25) is 14.7 Å². The summed E-state index contributed by atoms with van der Waals surface area (Å²) in [6, 6.07) is 9.78. The van der Waals surface area contributed by atoms with Crippen LogP contribution in [0.4, 0.5) is 0 Å². The van der Waals surface area contributed by atoms with Crippen LogP contribution >= 0.6 is 0 Å². The number of rotatable bonds is 4. The number of aromatic nitrogens is 1. The van der Waals surface area contributed by atoms with Crippen LogP contribution in [0.3, 0.4) is 0 Å². The molecule has 2 aromatic rings. The lowest BCUT2D eigenvalue weighted by atomic mass is 9.87. The van der Waals surface area contributed by atoms with Gasteiger partial charge in [-0.15, -0.1) is 0 Å². The number of nitrogens with zero attached hydrogens (tertiary/aromatic N) is 2. The van der Waals surface area contributed by atoms with E-state index < -0.39 is 12.0 Å². The number of hydrogen-bond donors (Lipinski definition) is 1. The summed E-state index contributed by atoms with van der Waals surface area (Å²) in [5, 5.41) is 9.67. The van der Waals surface area contributed by atoms with E-state index >= 15 is 0 Å². The monoisotopic (exact) mass is 324 g/mol. The maximum absolute atomic E-state index is 11.8. The molecule has 24 heavy (non-hydrogen) atoms. The third-order valence-electron chi connectivity index (χ3n) is 4.84. The maximum Gasteiger partial charge on any atom is 0.325 e. The van der Waals surface area contributed by atoms with Crippen molar-refractivity contribution in [3.63, 3.8) is 0 Å². The highest BCUT2D eigenvalue weighted by Gasteiger charge is 2.31. The highest BCUT2D eigenvalue weighted by Crippen LogP contribution is 2.33. The Morgan fingerprint density at radius 1 is 1.21 bits per heavy atom. The van der Waals surface area contributed by atoms with Gasteiger partial charge in [0.05, 0.1) is 0 Å². The second kappa shape index (κ2) is 7.14. The molecule has 1 atom stereocenters. The normalized spacial score (nSPS) is 17.6. The highest BCUT2D eigenvalue weighted by molar-refractivity contribution is 5.75. The maximum atomic E-state index is 11.8. The van der Waals surface area contributed by atoms with Crippen LogP contribution in [0.5, 0.6) is 0 Å². The fourth-order valence-electron chi connectivity index (χ4n) is 3.78. The summed E-state index contributed by atoms with van der Waals surface area (Å²) in [7, 11) is 0. The minimum Gasteiger partial charge on any atom is -0.480 e. The van der Waals surface area contributed by atoms with Crippen LogP contribution in [0.2, 0.25) is 0 Å². The van der Waals surface area contributed by atoms with Crippen LogP contribution < -0.4 is 0 Å². The van der Waals surface area contributed by atoms with Crippen LogP contribution in [0.1, 0.15) is 47.1 Å². The van der Waals surface area contributed by atoms with Gasteiger partial charge in [0.2, 0.25) is 0 Å². The van der Waals surface area contributed by atoms with E-state index in [1.54, 1.807) is 18.5 Å². The van der Waals surface area contributed by atoms with Crippen LogP contribution in [-0.4, -0.2) is 34.0 Å². The zero-order valence-corrected chi connectivity index (χ0v) is 14.3. The quantitative estimate of drug-likeness (QED) is 0.931. The Bertz CT molecular complexity index is 687. The van der Waals surface area contributed by atoms with E-state index in [2.05, 4.69) is 41.9 Å². The molecule has 126 valence electrons. The first-order valence-electron chi connectivity index (χ1n) is 8.49. The largest absolute Gasteiger partial charge is 0.480 e. The fraction of sp³-hybridized carbons (Fsp3) is 0.400. The Balaban J connectivity index is 1.72. The summed E-state index contributed by atoms with van der Waals surface area (Å²) >= 11 is 0. The molecule has 0 amide bonds. The molecule has 1 aliphatic rings. The number of benzene rings is 1. The van der Waals surface area contributed by atoms with Gasteiger partial charge < -0.3 is 5.11 Å². The number of carbonyl (C=O) groups is 1. The van der Waals surface area contributed by atoms with Crippen molar-refractivity contribution < 1.29 is 9.90 Å². The Morgan fingerprint density at radius 3 is 2.42 bits per heavy atom. The first kappa shape index (κ1) is 16.7. The second-order valence-electron chi connectivity index (χ2n) is 6.76. The SMILES string of the molecule is Cc1cc(C)cc(C2CCN(C(C(=O)O)c3cccnc3)CC2)c1. The number of aliphatic carboxylic acids is 1. The van der Waals surface area contributed by atoms with E-state index in [4.69, 9.17) is 0 Å². The molecule has 1 aliphatic heterocycles. The molecule has 3 rings (SSSR count). The third kappa shape index (κ3) is 3.65. The lowest BCUT2D eigenvalue weighted by molar-refractivity contribution is -0.144. The molecule has 1 N–H and O–H groups in total. The van der Waals surface area contributed by atoms with Gasteiger partial charge in [0, 0.05) is 12.4 Å². The van der Waals surface area contributed by atoms with Crippen molar-refractivity contribution >= 4 is 5.97 Å². The summed E-state index contributed by atoms with van der Waals surface area (Å²) in [5.74, 6) is -0.281. The molecular weight excluding hydrogens is 300 g/mol. The lowest BCUT2D eigenvalue weighted by Gasteiger charge is -2.36. The molecule has 0 radical (unpaired) electrons. The van der Waals surface area contributed by atoms with Crippen molar-refractivity contribution in [3.05, 3.63) is 65.0 Å². The van der Waals surface area contributed by atoms with Crippen LogP contribution in [0.15, 0.2) is 42.7 Å². The van der Waals surface area contributed by atoms with Gasteiger partial charge in [-0.2, -0.15) is 0 Å². The highest BCUT2D eigenvalue weighted by atomic mass is 16.4. The first-order valence-corrected chi connectivity index (χ1v) is 8.49. The molecule has 1 unspecified atom stereocenters. The van der Waals surface area contributed by atoms with E-state index in [9.17, 15) is 9.90 Å². The first-order chi connectivity index (χ1) is 11.5. The molecule has 0 bridgehead atoms. The Hall–Kier alpha value is -2.20. The van der Waals surface area contributed by atoms with Crippen LogP contribution in [0.25, 0.3) is 0 Å². The third-order valence-corrected chi connectivity index (χ3v) is 4.84. The number of piperidine rings is 1. The number of aryl methyl sites for hydroxylation is 2. The van der Waals surface area contributed by atoms with E-state index in [-0.39, 0.29) is 0 Å². The molecule has 0 spiro atoms. The fourth-order valence-corrected chi connectivity index (χ4v) is 3.78. The average molecular weight is 324 g/mol. The van der Waals surface area contributed by atoms with E-state index in [1.807, 2.05) is 6.07 Å². The van der Waals surface area contributed by atoms with E-state index in [1.165, 1.54) is 16.7 Å². The van der Waals surface area contributed by atoms with Gasteiger partial charge in [-0.1, -0.05) is 35.4 Å².